The Morgan fingerprint density at radius 1 is 1.47 bits per heavy atom. The predicted molar refractivity (Wildman–Crippen MR) is 74.9 cm³/mol. The average Bonchev–Trinajstić information content (AvgIpc) is 2.32. The first-order valence-electron chi connectivity index (χ1n) is 5.99. The monoisotopic (exact) mass is 286 g/mol. The quantitative estimate of drug-likeness (QED) is 0.611. The lowest BCUT2D eigenvalue weighted by molar-refractivity contribution is -0.119. The number of carbonyl (C=O) groups excluding carboxylic acids is 1. The summed E-state index contributed by atoms with van der Waals surface area (Å²) >= 11 is 6.00. The second-order valence-corrected chi connectivity index (χ2v) is 4.92. The molecule has 0 saturated heterocycles. The highest BCUT2D eigenvalue weighted by atomic mass is 35.5. The molecule has 1 aromatic rings. The van der Waals surface area contributed by atoms with E-state index in [1.807, 2.05) is 0 Å². The molecule has 0 aliphatic rings. The van der Waals surface area contributed by atoms with Gasteiger partial charge in [0, 0.05) is 29.7 Å². The van der Waals surface area contributed by atoms with Gasteiger partial charge < -0.3 is 21.3 Å². The van der Waals surface area contributed by atoms with Crippen LogP contribution in [0.2, 0.25) is 5.02 Å². The van der Waals surface area contributed by atoms with Gasteiger partial charge in [-0.1, -0.05) is 11.6 Å². The first kappa shape index (κ1) is 15.8. The van der Waals surface area contributed by atoms with E-state index >= 15 is 0 Å². The van der Waals surface area contributed by atoms with E-state index in [9.17, 15) is 15.0 Å². The Morgan fingerprint density at radius 2 is 2.11 bits per heavy atom. The van der Waals surface area contributed by atoms with Gasteiger partial charge in [0.15, 0.2) is 0 Å². The molecule has 0 aromatic heterocycles. The van der Waals surface area contributed by atoms with Crippen LogP contribution in [-0.4, -0.2) is 28.8 Å². The van der Waals surface area contributed by atoms with E-state index in [1.165, 1.54) is 6.92 Å². The van der Waals surface area contributed by atoms with Crippen molar-refractivity contribution in [2.24, 2.45) is 0 Å². The zero-order valence-electron chi connectivity index (χ0n) is 11.0. The fourth-order valence-electron chi connectivity index (χ4n) is 1.71. The summed E-state index contributed by atoms with van der Waals surface area (Å²) in [6.45, 7) is 3.48. The number of benzene rings is 1. The number of aryl methyl sites for hydroxylation is 1. The van der Waals surface area contributed by atoms with Gasteiger partial charge in [0.05, 0.1) is 6.10 Å². The molecular formula is C13H19ClN2O3. The van der Waals surface area contributed by atoms with Gasteiger partial charge in [0.2, 0.25) is 5.91 Å². The zero-order chi connectivity index (χ0) is 14.6. The van der Waals surface area contributed by atoms with Gasteiger partial charge in [-0.15, -0.1) is 0 Å². The lowest BCUT2D eigenvalue weighted by Gasteiger charge is -2.20. The van der Waals surface area contributed by atoms with Crippen molar-refractivity contribution in [3.8, 4) is 0 Å². The Morgan fingerprint density at radius 3 is 2.68 bits per heavy atom. The molecule has 1 aromatic carbocycles. The van der Waals surface area contributed by atoms with Crippen LogP contribution in [0.1, 0.15) is 30.6 Å². The molecule has 0 radical (unpaired) electrons. The molecule has 106 valence electrons. The standard InChI is InChI=1S/C13H19ClN2O3/c1-7-5-9(10(14)6-11(7)15)13(19)12(18)3-4-16-8(2)17/h5-6,12-13,18-19H,3-4,15H2,1-2H3,(H,16,17). The fraction of sp³-hybridized carbons (Fsp3) is 0.462. The number of rotatable bonds is 5. The molecule has 0 heterocycles. The normalized spacial score (nSPS) is 13.9. The Balaban J connectivity index is 2.73. The minimum atomic E-state index is -1.11. The van der Waals surface area contributed by atoms with E-state index in [2.05, 4.69) is 5.32 Å². The smallest absolute Gasteiger partial charge is 0.216 e. The summed E-state index contributed by atoms with van der Waals surface area (Å²) in [5.74, 6) is -0.178. The highest BCUT2D eigenvalue weighted by Gasteiger charge is 2.21. The van der Waals surface area contributed by atoms with Crippen LogP contribution in [0.25, 0.3) is 0 Å². The van der Waals surface area contributed by atoms with Crippen molar-refractivity contribution in [1.82, 2.24) is 5.32 Å². The third-order valence-corrected chi connectivity index (χ3v) is 3.21. The highest BCUT2D eigenvalue weighted by molar-refractivity contribution is 6.31. The van der Waals surface area contributed by atoms with Crippen LogP contribution in [0.3, 0.4) is 0 Å². The van der Waals surface area contributed by atoms with Gasteiger partial charge >= 0.3 is 0 Å². The Bertz CT molecular complexity index is 465. The van der Waals surface area contributed by atoms with Crippen molar-refractivity contribution in [1.29, 1.82) is 0 Å². The van der Waals surface area contributed by atoms with Crippen molar-refractivity contribution >= 4 is 23.2 Å². The largest absolute Gasteiger partial charge is 0.398 e. The van der Waals surface area contributed by atoms with Gasteiger partial charge in [-0.2, -0.15) is 0 Å². The summed E-state index contributed by atoms with van der Waals surface area (Å²) < 4.78 is 0. The number of nitrogens with one attached hydrogen (secondary N) is 1. The third-order valence-electron chi connectivity index (χ3n) is 2.88. The van der Waals surface area contributed by atoms with Crippen molar-refractivity contribution in [3.05, 3.63) is 28.3 Å². The van der Waals surface area contributed by atoms with Gasteiger partial charge in [0.1, 0.15) is 6.10 Å². The van der Waals surface area contributed by atoms with Gasteiger partial charge in [-0.3, -0.25) is 4.79 Å². The van der Waals surface area contributed by atoms with Crippen molar-refractivity contribution in [3.63, 3.8) is 0 Å². The molecule has 0 aliphatic carbocycles. The van der Waals surface area contributed by atoms with E-state index < -0.39 is 12.2 Å². The maximum absolute atomic E-state index is 10.7. The zero-order valence-corrected chi connectivity index (χ0v) is 11.7. The van der Waals surface area contributed by atoms with Gasteiger partial charge in [-0.05, 0) is 31.0 Å². The van der Waals surface area contributed by atoms with Gasteiger partial charge in [-0.25, -0.2) is 0 Å². The molecule has 2 atom stereocenters. The molecular weight excluding hydrogens is 268 g/mol. The van der Waals surface area contributed by atoms with E-state index in [4.69, 9.17) is 17.3 Å². The number of anilines is 1. The summed E-state index contributed by atoms with van der Waals surface area (Å²) in [7, 11) is 0. The molecule has 0 aliphatic heterocycles. The number of nitrogen functional groups attached to an aromatic ring is 1. The lowest BCUT2D eigenvalue weighted by atomic mass is 9.99. The number of hydrogen-bond acceptors (Lipinski definition) is 4. The summed E-state index contributed by atoms with van der Waals surface area (Å²) in [6, 6.07) is 3.21. The Kier molecular flexibility index (Phi) is 5.60. The Hall–Kier alpha value is -1.30. The molecule has 1 amide bonds. The number of aliphatic hydroxyl groups excluding tert-OH is 2. The number of hydrogen-bond donors (Lipinski definition) is 4. The first-order chi connectivity index (χ1) is 8.82. The summed E-state index contributed by atoms with van der Waals surface area (Å²) in [4.78, 5) is 10.7. The molecule has 1 rings (SSSR count). The van der Waals surface area contributed by atoms with Crippen molar-refractivity contribution in [2.75, 3.05) is 12.3 Å². The number of amides is 1. The summed E-state index contributed by atoms with van der Waals surface area (Å²) in [6.07, 6.45) is -1.88. The second kappa shape index (κ2) is 6.75. The van der Waals surface area contributed by atoms with Crippen molar-refractivity contribution in [2.45, 2.75) is 32.5 Å². The number of carbonyl (C=O) groups is 1. The van der Waals surface area contributed by atoms with Crippen LogP contribution in [0.5, 0.6) is 0 Å². The van der Waals surface area contributed by atoms with Crippen LogP contribution in [0.4, 0.5) is 5.69 Å². The molecule has 6 heteroatoms. The molecule has 0 bridgehead atoms. The van der Waals surface area contributed by atoms with Crippen LogP contribution >= 0.6 is 11.6 Å². The van der Waals surface area contributed by atoms with Crippen molar-refractivity contribution < 1.29 is 15.0 Å². The van der Waals surface area contributed by atoms with E-state index in [1.54, 1.807) is 19.1 Å². The van der Waals surface area contributed by atoms with E-state index in [-0.39, 0.29) is 12.3 Å². The van der Waals surface area contributed by atoms with Gasteiger partial charge in [0.25, 0.3) is 0 Å². The minimum Gasteiger partial charge on any atom is -0.398 e. The first-order valence-corrected chi connectivity index (χ1v) is 6.36. The lowest BCUT2D eigenvalue weighted by Crippen LogP contribution is -2.27. The molecule has 0 saturated carbocycles. The summed E-state index contributed by atoms with van der Waals surface area (Å²) in [5.41, 5.74) is 7.46. The third kappa shape index (κ3) is 4.38. The number of aliphatic hydroxyl groups is 2. The maximum atomic E-state index is 10.7. The molecule has 0 spiro atoms. The fourth-order valence-corrected chi connectivity index (χ4v) is 1.99. The van der Waals surface area contributed by atoms with Crippen LogP contribution < -0.4 is 11.1 Å². The number of nitrogens with two attached hydrogens (primary N) is 1. The SMILES string of the molecule is CC(=O)NCCC(O)C(O)c1cc(C)c(N)cc1Cl. The topological polar surface area (TPSA) is 95.6 Å². The summed E-state index contributed by atoms with van der Waals surface area (Å²) in [5, 5.41) is 22.8. The molecule has 0 fully saturated rings. The average molecular weight is 287 g/mol. The van der Waals surface area contributed by atoms with E-state index in [0.29, 0.717) is 22.8 Å². The predicted octanol–water partition coefficient (Wildman–Crippen LogP) is 1.15. The molecule has 19 heavy (non-hydrogen) atoms. The molecule has 2 unspecified atom stereocenters. The highest BCUT2D eigenvalue weighted by Crippen LogP contribution is 2.30. The van der Waals surface area contributed by atoms with Crippen LogP contribution in [-0.2, 0) is 4.79 Å². The Labute approximate surface area is 117 Å². The van der Waals surface area contributed by atoms with Crippen LogP contribution in [0.15, 0.2) is 12.1 Å². The maximum Gasteiger partial charge on any atom is 0.216 e. The van der Waals surface area contributed by atoms with E-state index in [0.717, 1.165) is 5.56 Å². The number of halogens is 1. The second-order valence-electron chi connectivity index (χ2n) is 4.51. The molecule has 5 nitrogen and oxygen atoms in total. The minimum absolute atomic E-state index is 0.178. The van der Waals surface area contributed by atoms with Crippen LogP contribution in [0, 0.1) is 6.92 Å². The molecule has 5 N–H and O–H groups in total.